The molecule has 2 heterocycles. The second-order valence-electron chi connectivity index (χ2n) is 16.3. The third-order valence-corrected chi connectivity index (χ3v) is 10.7. The van der Waals surface area contributed by atoms with E-state index in [9.17, 15) is 54.0 Å². The lowest BCUT2D eigenvalue weighted by molar-refractivity contribution is -0.271. The number of ketones is 1. The number of rotatable bonds is 25. The molecular formula is C38H65N9O14. The second kappa shape index (κ2) is 24.2. The molecule has 0 aromatic heterocycles. The number of ether oxygens (including phenoxy) is 3. The van der Waals surface area contributed by atoms with Gasteiger partial charge in [-0.1, -0.05) is 59.5 Å². The minimum Gasteiger partial charge on any atom is -0.394 e. The Balaban J connectivity index is 2.31. The van der Waals surface area contributed by atoms with Crippen LogP contribution in [0.2, 0.25) is 0 Å². The van der Waals surface area contributed by atoms with Crippen molar-refractivity contribution in [3.05, 3.63) is 10.4 Å². The van der Waals surface area contributed by atoms with Crippen LogP contribution in [-0.4, -0.2) is 161 Å². The highest BCUT2D eigenvalue weighted by atomic mass is 16.7. The van der Waals surface area contributed by atoms with Crippen LogP contribution >= 0.6 is 0 Å². The van der Waals surface area contributed by atoms with Crippen LogP contribution in [0, 0.1) is 17.8 Å². The van der Waals surface area contributed by atoms with Crippen molar-refractivity contribution in [2.45, 2.75) is 154 Å². The minimum absolute atomic E-state index is 0.000315. The smallest absolute Gasteiger partial charge is 0.245 e. The Morgan fingerprint density at radius 1 is 0.836 bits per heavy atom. The van der Waals surface area contributed by atoms with Crippen LogP contribution < -0.4 is 31.9 Å². The second-order valence-corrected chi connectivity index (χ2v) is 16.3. The molecule has 23 heteroatoms. The van der Waals surface area contributed by atoms with Gasteiger partial charge in [0.05, 0.1) is 32.0 Å². The normalized spacial score (nSPS) is 26.0. The Kier molecular flexibility index (Phi) is 20.9. The monoisotopic (exact) mass is 871 g/mol. The van der Waals surface area contributed by atoms with Gasteiger partial charge in [-0.3, -0.25) is 33.6 Å². The maximum atomic E-state index is 14.0. The first-order chi connectivity index (χ1) is 28.5. The van der Waals surface area contributed by atoms with Gasteiger partial charge in [0.1, 0.15) is 60.7 Å². The van der Waals surface area contributed by atoms with Crippen LogP contribution in [-0.2, 0) is 47.8 Å². The SMILES string of the molecule is CC[C@H](C)[C@H](NC(=O)[C@H](CO[C@@H]1O[C@H](CO)[C@@H](O)[C@H](O)[C@H]1NC(=O)CN=[N+]=[N-])NC(C)=O)C(=O)N[C@H](C(=O)N[C@H](C(=O)N[C@@H](CC(C)C)C(=O)[C@@]1(C)CO1)[C@@H](C)O)[C@@H](C)CC. The Morgan fingerprint density at radius 2 is 1.36 bits per heavy atom. The van der Waals surface area contributed by atoms with Crippen molar-refractivity contribution in [2.75, 3.05) is 26.4 Å². The number of aliphatic hydroxyl groups is 4. The standard InChI is InChI=1S/C38H65N9O14/c1-10-18(5)26(44-33(55)23(41-21(8)50)15-59-37-29(43-25(51)13-40-47-39)31(53)30(52)24(14-48)61-37)34(56)45-27(19(6)11-2)35(57)46-28(20(7)49)36(58)42-22(12-17(3)4)32(54)38(9)16-60-38/h17-20,22-24,26-31,37,48-49,52-53H,10-16H2,1-9H3,(H,41,50)(H,42,58)(H,43,51)(H,44,55)(H,45,56)(H,46,57)/t18-,19-,20+,22-,23-,24+,26-,27-,28-,29+,30+,31+,37+,38+/m0/s1. The lowest BCUT2D eigenvalue weighted by atomic mass is 9.93. The van der Waals surface area contributed by atoms with Crippen LogP contribution in [0.25, 0.3) is 10.4 Å². The first-order valence-electron chi connectivity index (χ1n) is 20.4. The highest BCUT2D eigenvalue weighted by Crippen LogP contribution is 2.30. The maximum Gasteiger partial charge on any atom is 0.245 e. The van der Waals surface area contributed by atoms with Crippen molar-refractivity contribution in [1.82, 2.24) is 31.9 Å². The number of azide groups is 1. The summed E-state index contributed by atoms with van der Waals surface area (Å²) in [5, 5.41) is 59.8. The van der Waals surface area contributed by atoms with Crippen LogP contribution in [0.5, 0.6) is 0 Å². The summed E-state index contributed by atoms with van der Waals surface area (Å²) in [7, 11) is 0. The fourth-order valence-corrected chi connectivity index (χ4v) is 6.46. The predicted octanol–water partition coefficient (Wildman–Crippen LogP) is -2.44. The highest BCUT2D eigenvalue weighted by molar-refractivity contribution is 5.99. The van der Waals surface area contributed by atoms with Gasteiger partial charge in [-0.25, -0.2) is 0 Å². The number of nitrogens with one attached hydrogen (secondary N) is 6. The van der Waals surface area contributed by atoms with E-state index >= 15 is 0 Å². The first kappa shape index (κ1) is 52.7. The molecule has 2 fully saturated rings. The summed E-state index contributed by atoms with van der Waals surface area (Å²) in [5.74, 6) is -6.40. The van der Waals surface area contributed by atoms with Gasteiger partial charge < -0.3 is 66.5 Å². The van der Waals surface area contributed by atoms with E-state index < -0.39 is 140 Å². The fourth-order valence-electron chi connectivity index (χ4n) is 6.46. The van der Waals surface area contributed by atoms with E-state index in [4.69, 9.17) is 19.7 Å². The quantitative estimate of drug-likeness (QED) is 0.0197. The third kappa shape index (κ3) is 15.4. The average molecular weight is 872 g/mol. The molecule has 0 radical (unpaired) electrons. The summed E-state index contributed by atoms with van der Waals surface area (Å²) in [5.41, 5.74) is 7.52. The van der Waals surface area contributed by atoms with Crippen molar-refractivity contribution in [2.24, 2.45) is 22.9 Å². The van der Waals surface area contributed by atoms with E-state index in [1.165, 1.54) is 6.92 Å². The molecule has 6 amide bonds. The van der Waals surface area contributed by atoms with Gasteiger partial charge in [-0.15, -0.1) is 0 Å². The Labute approximate surface area is 354 Å². The molecule has 2 aliphatic heterocycles. The molecule has 0 aromatic carbocycles. The number of amides is 6. The molecular weight excluding hydrogens is 806 g/mol. The molecule has 0 aliphatic carbocycles. The molecule has 2 aliphatic rings. The van der Waals surface area contributed by atoms with E-state index in [-0.39, 0.29) is 24.7 Å². The van der Waals surface area contributed by atoms with Crippen LogP contribution in [0.4, 0.5) is 0 Å². The summed E-state index contributed by atoms with van der Waals surface area (Å²) >= 11 is 0. The number of carbonyl (C=O) groups is 7. The maximum absolute atomic E-state index is 14.0. The molecule has 0 bridgehead atoms. The van der Waals surface area contributed by atoms with Gasteiger partial charge in [0.15, 0.2) is 12.1 Å². The van der Waals surface area contributed by atoms with Crippen LogP contribution in [0.1, 0.15) is 81.6 Å². The van der Waals surface area contributed by atoms with Crippen molar-refractivity contribution < 1.29 is 68.2 Å². The summed E-state index contributed by atoms with van der Waals surface area (Å²) in [6.07, 6.45) is -6.91. The highest BCUT2D eigenvalue weighted by Gasteiger charge is 2.51. The zero-order chi connectivity index (χ0) is 46.4. The van der Waals surface area contributed by atoms with Gasteiger partial charge in [0.25, 0.3) is 0 Å². The molecule has 2 saturated heterocycles. The molecule has 23 nitrogen and oxygen atoms in total. The van der Waals surface area contributed by atoms with Crippen molar-refractivity contribution in [1.29, 1.82) is 0 Å². The number of hydrogen-bond acceptors (Lipinski definition) is 15. The van der Waals surface area contributed by atoms with E-state index in [0.29, 0.717) is 12.8 Å². The summed E-state index contributed by atoms with van der Waals surface area (Å²) in [6, 6.07) is -8.12. The van der Waals surface area contributed by atoms with Crippen LogP contribution in [0.3, 0.4) is 0 Å². The van der Waals surface area contributed by atoms with Crippen LogP contribution in [0.15, 0.2) is 5.11 Å². The molecule has 346 valence electrons. The minimum atomic E-state index is -1.77. The van der Waals surface area contributed by atoms with Gasteiger partial charge in [0.2, 0.25) is 35.4 Å². The van der Waals surface area contributed by atoms with Crippen molar-refractivity contribution in [3.63, 3.8) is 0 Å². The predicted molar refractivity (Wildman–Crippen MR) is 214 cm³/mol. The Bertz CT molecular complexity index is 1590. The fraction of sp³-hybridized carbons (Fsp3) is 0.816. The topological polar surface area (TPSA) is 352 Å². The number of Topliss-reactive ketones (excluding diaryl/α,β-unsaturated/α-hetero) is 1. The van der Waals surface area contributed by atoms with Gasteiger partial charge in [-0.2, -0.15) is 0 Å². The molecule has 0 unspecified atom stereocenters. The largest absolute Gasteiger partial charge is 0.394 e. The zero-order valence-electron chi connectivity index (χ0n) is 36.2. The molecule has 14 atom stereocenters. The molecule has 2 rings (SSSR count). The summed E-state index contributed by atoms with van der Waals surface area (Å²) < 4.78 is 16.6. The average Bonchev–Trinajstić information content (AvgIpc) is 3.96. The number of nitrogens with zero attached hydrogens (tertiary/aromatic N) is 3. The third-order valence-electron chi connectivity index (χ3n) is 10.7. The van der Waals surface area contributed by atoms with Crippen molar-refractivity contribution in [3.8, 4) is 0 Å². The zero-order valence-corrected chi connectivity index (χ0v) is 36.2. The summed E-state index contributed by atoms with van der Waals surface area (Å²) in [6.45, 7) is 12.6. The van der Waals surface area contributed by atoms with Gasteiger partial charge in [0, 0.05) is 11.8 Å². The first-order valence-corrected chi connectivity index (χ1v) is 20.4. The molecule has 0 aromatic rings. The van der Waals surface area contributed by atoms with Gasteiger partial charge >= 0.3 is 0 Å². The lowest BCUT2D eigenvalue weighted by Crippen LogP contribution is -2.65. The summed E-state index contributed by atoms with van der Waals surface area (Å²) in [4.78, 5) is 95.5. The van der Waals surface area contributed by atoms with Crippen molar-refractivity contribution >= 4 is 41.2 Å². The van der Waals surface area contributed by atoms with E-state index in [2.05, 4.69) is 41.9 Å². The molecule has 0 saturated carbocycles. The van der Waals surface area contributed by atoms with E-state index in [1.807, 2.05) is 13.8 Å². The lowest BCUT2D eigenvalue weighted by Gasteiger charge is -2.42. The number of hydrogen-bond donors (Lipinski definition) is 10. The number of epoxide rings is 1. The van der Waals surface area contributed by atoms with E-state index in [1.54, 1.807) is 34.6 Å². The van der Waals surface area contributed by atoms with E-state index in [0.717, 1.165) is 6.92 Å². The molecule has 10 N–H and O–H groups in total. The number of aliphatic hydroxyl groups excluding tert-OH is 4. The Hall–Kier alpha value is -4.48. The number of carbonyl (C=O) groups excluding carboxylic acids is 7. The Morgan fingerprint density at radius 3 is 1.82 bits per heavy atom. The molecule has 61 heavy (non-hydrogen) atoms. The molecule has 0 spiro atoms. The van der Waals surface area contributed by atoms with Gasteiger partial charge in [-0.05, 0) is 43.6 Å².